The fraction of sp³-hybridized carbons (Fsp3) is 0. The fourth-order valence-electron chi connectivity index (χ4n) is 4.76. The molecule has 0 radical (unpaired) electrons. The number of hydrogen-bond donors (Lipinski definition) is 0. The van der Waals surface area contributed by atoms with Crippen LogP contribution in [0.25, 0.3) is 33.4 Å². The molecule has 4 heteroatoms. The second-order valence-corrected chi connectivity index (χ2v) is 9.03. The second-order valence-electron chi connectivity index (χ2n) is 7.40. The average Bonchev–Trinajstić information content (AvgIpc) is 3.25. The quantitative estimate of drug-likeness (QED) is 0.209. The maximum Gasteiger partial charge on any atom is 0.0491 e. The van der Waals surface area contributed by atoms with Crippen molar-refractivity contribution < 1.29 is 0 Å². The van der Waals surface area contributed by atoms with Crippen molar-refractivity contribution in [1.82, 2.24) is 0 Å². The van der Waals surface area contributed by atoms with Crippen molar-refractivity contribution in [2.24, 2.45) is 0 Å². The summed E-state index contributed by atoms with van der Waals surface area (Å²) in [6.07, 6.45) is 0. The molecule has 2 aliphatic rings. The van der Waals surface area contributed by atoms with Crippen molar-refractivity contribution in [2.75, 3.05) is 0 Å². The van der Waals surface area contributed by atoms with E-state index in [0.717, 1.165) is 55.7 Å². The van der Waals surface area contributed by atoms with Gasteiger partial charge in [-0.3, -0.25) is 0 Å². The Hall–Kier alpha value is -2.22. The molecule has 0 nitrogen and oxygen atoms in total. The number of rotatable bonds is 0. The molecule has 0 atom stereocenters. The molecule has 0 unspecified atom stereocenters. The minimum atomic E-state index is 0.677. The lowest BCUT2D eigenvalue weighted by Gasteiger charge is -2.15. The molecule has 0 amide bonds. The van der Waals surface area contributed by atoms with Gasteiger partial charge in [0.25, 0.3) is 0 Å². The number of fused-ring (bicyclic) bond motifs is 6. The van der Waals surface area contributed by atoms with Crippen LogP contribution in [0.15, 0.2) is 72.8 Å². The summed E-state index contributed by atoms with van der Waals surface area (Å²) in [4.78, 5) is 0. The summed E-state index contributed by atoms with van der Waals surface area (Å²) in [6, 6.07) is 23.9. The summed E-state index contributed by atoms with van der Waals surface area (Å²) in [5, 5.41) is 2.71. The van der Waals surface area contributed by atoms with Gasteiger partial charge in [0.05, 0.1) is 0 Å². The van der Waals surface area contributed by atoms with E-state index in [1.54, 1.807) is 0 Å². The summed E-state index contributed by atoms with van der Waals surface area (Å²) >= 11 is 27.1. The maximum atomic E-state index is 6.78. The van der Waals surface area contributed by atoms with Crippen LogP contribution < -0.4 is 0 Å². The molecule has 0 saturated carbocycles. The van der Waals surface area contributed by atoms with E-state index in [0.29, 0.717) is 20.1 Å². The molecule has 0 fully saturated rings. The van der Waals surface area contributed by atoms with E-state index < -0.39 is 0 Å². The smallest absolute Gasteiger partial charge is 0.0491 e. The molecule has 0 aromatic heterocycles. The van der Waals surface area contributed by atoms with Gasteiger partial charge in [0.15, 0.2) is 0 Å². The predicted molar refractivity (Wildman–Crippen MR) is 129 cm³/mol. The first-order valence-electron chi connectivity index (χ1n) is 9.48. The van der Waals surface area contributed by atoms with E-state index in [9.17, 15) is 0 Å². The fourth-order valence-corrected chi connectivity index (χ4v) is 5.84. The van der Waals surface area contributed by atoms with Crippen molar-refractivity contribution in [3.05, 3.63) is 115 Å². The largest absolute Gasteiger partial charge is 0.0836 e. The maximum absolute atomic E-state index is 6.78. The van der Waals surface area contributed by atoms with Gasteiger partial charge in [0, 0.05) is 53.5 Å². The Kier molecular flexibility index (Phi) is 4.10. The second kappa shape index (κ2) is 6.64. The summed E-state index contributed by atoms with van der Waals surface area (Å²) in [7, 11) is 0. The first kappa shape index (κ1) is 18.5. The van der Waals surface area contributed by atoms with Crippen LogP contribution in [0.2, 0.25) is 20.1 Å². The molecule has 0 spiro atoms. The van der Waals surface area contributed by atoms with Gasteiger partial charge in [-0.25, -0.2) is 0 Å². The van der Waals surface area contributed by atoms with Crippen LogP contribution >= 0.6 is 46.4 Å². The van der Waals surface area contributed by atoms with E-state index in [1.807, 2.05) is 48.5 Å². The first-order chi connectivity index (χ1) is 14.6. The summed E-state index contributed by atoms with van der Waals surface area (Å²) < 4.78 is 0. The van der Waals surface area contributed by atoms with Crippen molar-refractivity contribution in [3.8, 4) is 22.3 Å². The Morgan fingerprint density at radius 2 is 0.567 bits per heavy atom. The number of benzene rings is 4. The monoisotopic (exact) mass is 464 g/mol. The minimum absolute atomic E-state index is 0.677. The van der Waals surface area contributed by atoms with E-state index in [1.165, 1.54) is 0 Å². The highest BCUT2D eigenvalue weighted by atomic mass is 35.5. The van der Waals surface area contributed by atoms with Crippen LogP contribution in [0.3, 0.4) is 0 Å². The van der Waals surface area contributed by atoms with E-state index in [4.69, 9.17) is 46.4 Å². The lowest BCUT2D eigenvalue weighted by Crippen LogP contribution is -1.93. The van der Waals surface area contributed by atoms with Gasteiger partial charge >= 0.3 is 0 Å². The average molecular weight is 466 g/mol. The highest BCUT2D eigenvalue weighted by Crippen LogP contribution is 2.58. The van der Waals surface area contributed by atoms with E-state index in [-0.39, 0.29) is 0 Å². The van der Waals surface area contributed by atoms with Gasteiger partial charge in [-0.1, -0.05) is 94.9 Å². The molecule has 0 saturated heterocycles. The lowest BCUT2D eigenvalue weighted by atomic mass is 9.91. The molecule has 30 heavy (non-hydrogen) atoms. The zero-order chi connectivity index (χ0) is 20.6. The van der Waals surface area contributed by atoms with Crippen molar-refractivity contribution in [2.45, 2.75) is 0 Å². The van der Waals surface area contributed by atoms with Crippen LogP contribution in [-0.4, -0.2) is 0 Å². The van der Waals surface area contributed by atoms with E-state index >= 15 is 0 Å². The molecule has 4 aromatic rings. The molecule has 2 aliphatic carbocycles. The van der Waals surface area contributed by atoms with Gasteiger partial charge in [0.1, 0.15) is 0 Å². The van der Waals surface area contributed by atoms with Crippen molar-refractivity contribution >= 4 is 57.5 Å². The summed E-state index contributed by atoms with van der Waals surface area (Å²) in [6.45, 7) is 0. The van der Waals surface area contributed by atoms with Crippen molar-refractivity contribution in [1.29, 1.82) is 0 Å². The highest BCUT2D eigenvalue weighted by Gasteiger charge is 2.36. The topological polar surface area (TPSA) is 0 Å². The van der Waals surface area contributed by atoms with Crippen LogP contribution in [0.4, 0.5) is 0 Å². The zero-order valence-electron chi connectivity index (χ0n) is 15.4. The molecule has 0 N–H and O–H groups in total. The SMILES string of the molecule is Clc1cccc2c1C(=C1c3c(Cl)cccc3-c3cccc(Cl)c31)c1c(Cl)cccc1-2. The Morgan fingerprint density at radius 3 is 0.800 bits per heavy atom. The van der Waals surface area contributed by atoms with E-state index in [2.05, 4.69) is 24.3 Å². The van der Waals surface area contributed by atoms with Crippen LogP contribution in [0.1, 0.15) is 22.3 Å². The Labute approximate surface area is 194 Å². The van der Waals surface area contributed by atoms with Crippen LogP contribution in [0.5, 0.6) is 0 Å². The summed E-state index contributed by atoms with van der Waals surface area (Å²) in [5.74, 6) is 0. The van der Waals surface area contributed by atoms with Crippen LogP contribution in [0, 0.1) is 0 Å². The highest BCUT2D eigenvalue weighted by molar-refractivity contribution is 6.41. The summed E-state index contributed by atoms with van der Waals surface area (Å²) in [5.41, 5.74) is 10.1. The third-order valence-electron chi connectivity index (χ3n) is 5.88. The van der Waals surface area contributed by atoms with Gasteiger partial charge < -0.3 is 0 Å². The Morgan fingerprint density at radius 1 is 0.333 bits per heavy atom. The van der Waals surface area contributed by atoms with Gasteiger partial charge in [-0.2, -0.15) is 0 Å². The molecule has 4 aromatic carbocycles. The normalized spacial score (nSPS) is 13.2. The first-order valence-corrected chi connectivity index (χ1v) is 11.0. The molecule has 6 rings (SSSR count). The van der Waals surface area contributed by atoms with Gasteiger partial charge in [0.2, 0.25) is 0 Å². The zero-order valence-corrected chi connectivity index (χ0v) is 18.5. The molecule has 0 aliphatic heterocycles. The minimum Gasteiger partial charge on any atom is -0.0836 e. The molecule has 144 valence electrons. The molecule has 0 heterocycles. The van der Waals surface area contributed by atoms with Gasteiger partial charge in [-0.05, 0) is 46.5 Å². The number of hydrogen-bond acceptors (Lipinski definition) is 0. The third-order valence-corrected chi connectivity index (χ3v) is 7.14. The Balaban J connectivity index is 1.89. The third kappa shape index (κ3) is 2.37. The van der Waals surface area contributed by atoms with Gasteiger partial charge in [-0.15, -0.1) is 0 Å². The molecular formula is C26H12Cl4. The van der Waals surface area contributed by atoms with Crippen molar-refractivity contribution in [3.63, 3.8) is 0 Å². The molecule has 0 bridgehead atoms. The lowest BCUT2D eigenvalue weighted by molar-refractivity contribution is 1.62. The standard InChI is InChI=1S/C26H12Cl4/c27-17-9-1-5-13-14-6-2-10-18(28)22(14)25(21(13)17)26-23-15(7-3-11-19(23)29)16-8-4-12-20(30)24(16)26/h1-12H. The predicted octanol–water partition coefficient (Wildman–Crippen LogP) is 9.27. The molecular weight excluding hydrogens is 454 g/mol. The van der Waals surface area contributed by atoms with Crippen LogP contribution in [-0.2, 0) is 0 Å². The number of halogens is 4. The Bertz CT molecular complexity index is 1210.